The van der Waals surface area contributed by atoms with Gasteiger partial charge < -0.3 is 25.3 Å². The lowest BCUT2D eigenvalue weighted by Gasteiger charge is -2.58. The molecule has 0 aromatic carbocycles. The zero-order chi connectivity index (χ0) is 28.7. The van der Waals surface area contributed by atoms with Crippen molar-refractivity contribution in [2.45, 2.75) is 66.2 Å². The van der Waals surface area contributed by atoms with Crippen LogP contribution in [-0.2, 0) is 4.74 Å². The third kappa shape index (κ3) is 5.29. The van der Waals surface area contributed by atoms with Gasteiger partial charge in [0.1, 0.15) is 24.3 Å². The molecule has 0 unspecified atom stereocenters. The van der Waals surface area contributed by atoms with Crippen LogP contribution in [0.15, 0.2) is 46.4 Å². The SMILES string of the molecule is CC(=CCN1CN(C)c2ncnc(N)c21)CC[C@]1(C)[C@@H](C)CC[C@@]2(C)C(COC(=O)c3cc(Br)c[nH]3)=CCC[C@@H]12. The number of aromatic nitrogens is 3. The highest BCUT2D eigenvalue weighted by Crippen LogP contribution is 2.62. The number of esters is 1. The van der Waals surface area contributed by atoms with Crippen LogP contribution in [0, 0.1) is 22.7 Å². The zero-order valence-corrected chi connectivity index (χ0v) is 26.1. The van der Waals surface area contributed by atoms with Crippen LogP contribution < -0.4 is 15.5 Å². The van der Waals surface area contributed by atoms with Crippen LogP contribution in [0.4, 0.5) is 17.3 Å². The molecule has 1 saturated carbocycles. The van der Waals surface area contributed by atoms with E-state index in [4.69, 9.17) is 10.5 Å². The molecule has 0 radical (unpaired) electrons. The van der Waals surface area contributed by atoms with Gasteiger partial charge in [0.15, 0.2) is 11.6 Å². The largest absolute Gasteiger partial charge is 0.456 e. The van der Waals surface area contributed by atoms with Gasteiger partial charge in [-0.25, -0.2) is 14.8 Å². The number of anilines is 3. The second kappa shape index (κ2) is 11.2. The topological polar surface area (TPSA) is 100 Å². The highest BCUT2D eigenvalue weighted by molar-refractivity contribution is 9.10. The number of nitrogens with two attached hydrogens (primary N) is 1. The Morgan fingerprint density at radius 2 is 2.12 bits per heavy atom. The molecule has 216 valence electrons. The van der Waals surface area contributed by atoms with E-state index in [1.807, 2.05) is 7.05 Å². The number of nitrogens with one attached hydrogen (secondary N) is 1. The highest BCUT2D eigenvalue weighted by atomic mass is 79.9. The molecular weight excluding hydrogens is 568 g/mol. The van der Waals surface area contributed by atoms with E-state index in [0.717, 1.165) is 54.9 Å². The molecule has 0 saturated heterocycles. The summed E-state index contributed by atoms with van der Waals surface area (Å²) in [4.78, 5) is 28.6. The molecule has 2 aromatic heterocycles. The van der Waals surface area contributed by atoms with Gasteiger partial charge in [0.25, 0.3) is 0 Å². The number of rotatable bonds is 8. The summed E-state index contributed by atoms with van der Waals surface area (Å²) < 4.78 is 6.66. The number of nitrogen functional groups attached to an aromatic ring is 1. The van der Waals surface area contributed by atoms with Crippen LogP contribution in [0.25, 0.3) is 0 Å². The minimum Gasteiger partial charge on any atom is -0.456 e. The molecule has 0 spiro atoms. The van der Waals surface area contributed by atoms with Gasteiger partial charge in [0.2, 0.25) is 0 Å². The van der Waals surface area contributed by atoms with Gasteiger partial charge in [-0.05, 0) is 95.7 Å². The van der Waals surface area contributed by atoms with Crippen molar-refractivity contribution >= 4 is 39.2 Å². The van der Waals surface area contributed by atoms with Crippen LogP contribution in [0.1, 0.15) is 76.7 Å². The fourth-order valence-corrected chi connectivity index (χ4v) is 7.82. The van der Waals surface area contributed by atoms with Crippen LogP contribution in [-0.4, -0.2) is 47.8 Å². The minimum absolute atomic E-state index is 0.0507. The molecule has 1 aliphatic heterocycles. The molecule has 0 bridgehead atoms. The molecule has 0 amide bonds. The number of carbonyl (C=O) groups is 1. The van der Waals surface area contributed by atoms with Crippen molar-refractivity contribution in [1.29, 1.82) is 0 Å². The summed E-state index contributed by atoms with van der Waals surface area (Å²) in [7, 11) is 2.04. The van der Waals surface area contributed by atoms with Gasteiger partial charge in [0.05, 0.1) is 6.67 Å². The lowest BCUT2D eigenvalue weighted by Crippen LogP contribution is -2.50. The number of nitrogens with zero attached hydrogens (tertiary/aromatic N) is 4. The van der Waals surface area contributed by atoms with Gasteiger partial charge >= 0.3 is 5.97 Å². The number of allylic oxidation sites excluding steroid dienone is 2. The Bertz CT molecular complexity index is 1320. The number of ether oxygens (including phenoxy) is 1. The summed E-state index contributed by atoms with van der Waals surface area (Å²) in [5.74, 6) is 2.34. The van der Waals surface area contributed by atoms with Gasteiger partial charge in [0, 0.05) is 24.3 Å². The molecule has 2 aliphatic carbocycles. The number of hydrogen-bond acceptors (Lipinski definition) is 7. The van der Waals surface area contributed by atoms with E-state index in [2.05, 4.69) is 80.5 Å². The summed E-state index contributed by atoms with van der Waals surface area (Å²) >= 11 is 3.39. The number of fused-ring (bicyclic) bond motifs is 2. The average molecular weight is 612 g/mol. The first-order chi connectivity index (χ1) is 19.0. The van der Waals surface area contributed by atoms with E-state index in [0.29, 0.717) is 30.0 Å². The Balaban J connectivity index is 1.24. The number of H-pyrrole nitrogens is 1. The standard InChI is InChI=1S/C31H43BrN6O2/c1-20(11-14-38-19-37(5)28-26(38)27(33)35-18-36-28)9-12-30(3)21(2)10-13-31(4)22(7-6-8-25(30)31)17-40-29(39)24-15-23(32)16-34-24/h7,11,15-16,18,21,25,34H,6,8-10,12-14,17,19H2,1-5H3,(H2,33,35,36)/t21-,25-,30+,31-/m0/s1. The minimum atomic E-state index is -0.301. The Labute approximate surface area is 246 Å². The summed E-state index contributed by atoms with van der Waals surface area (Å²) in [5.41, 5.74) is 10.6. The van der Waals surface area contributed by atoms with Gasteiger partial charge in [-0.15, -0.1) is 0 Å². The van der Waals surface area contributed by atoms with Crippen LogP contribution in [0.5, 0.6) is 0 Å². The molecule has 3 N–H and O–H groups in total. The van der Waals surface area contributed by atoms with E-state index in [1.165, 1.54) is 30.3 Å². The van der Waals surface area contributed by atoms with E-state index in [9.17, 15) is 4.79 Å². The van der Waals surface area contributed by atoms with E-state index in [1.54, 1.807) is 12.3 Å². The Hall–Kier alpha value is -2.81. The van der Waals surface area contributed by atoms with Crippen molar-refractivity contribution in [3.05, 3.63) is 52.1 Å². The van der Waals surface area contributed by atoms with Crippen molar-refractivity contribution in [3.63, 3.8) is 0 Å². The molecule has 3 heterocycles. The summed E-state index contributed by atoms with van der Waals surface area (Å²) in [5, 5.41) is 0. The van der Waals surface area contributed by atoms with E-state index < -0.39 is 0 Å². The molecule has 4 atom stereocenters. The predicted octanol–water partition coefficient (Wildman–Crippen LogP) is 6.73. The average Bonchev–Trinajstić information content (AvgIpc) is 3.51. The summed E-state index contributed by atoms with van der Waals surface area (Å²) in [6, 6.07) is 1.76. The maximum atomic E-state index is 12.7. The molecule has 40 heavy (non-hydrogen) atoms. The number of aromatic amines is 1. The molecule has 1 fully saturated rings. The zero-order valence-electron chi connectivity index (χ0n) is 24.5. The molecule has 5 rings (SSSR count). The second-order valence-electron chi connectivity index (χ2n) is 12.6. The van der Waals surface area contributed by atoms with Crippen molar-refractivity contribution in [2.75, 3.05) is 42.4 Å². The predicted molar refractivity (Wildman–Crippen MR) is 164 cm³/mol. The van der Waals surface area contributed by atoms with E-state index in [-0.39, 0.29) is 16.8 Å². The summed E-state index contributed by atoms with van der Waals surface area (Å²) in [6.07, 6.45) is 14.8. The first kappa shape index (κ1) is 28.7. The van der Waals surface area contributed by atoms with Crippen molar-refractivity contribution in [1.82, 2.24) is 15.0 Å². The molecule has 3 aliphatic rings. The molecule has 9 heteroatoms. The normalized spacial score (nSPS) is 28.2. The van der Waals surface area contributed by atoms with Gasteiger partial charge in [-0.2, -0.15) is 0 Å². The van der Waals surface area contributed by atoms with Crippen molar-refractivity contribution in [3.8, 4) is 0 Å². The third-order valence-corrected chi connectivity index (χ3v) is 10.7. The second-order valence-corrected chi connectivity index (χ2v) is 13.5. The van der Waals surface area contributed by atoms with Crippen LogP contribution >= 0.6 is 15.9 Å². The van der Waals surface area contributed by atoms with Crippen LogP contribution in [0.3, 0.4) is 0 Å². The Kier molecular flexibility index (Phi) is 8.06. The lowest BCUT2D eigenvalue weighted by atomic mass is 9.47. The number of hydrogen-bond donors (Lipinski definition) is 2. The van der Waals surface area contributed by atoms with Crippen LogP contribution in [0.2, 0.25) is 0 Å². The number of carbonyl (C=O) groups excluding carboxylic acids is 1. The highest BCUT2D eigenvalue weighted by Gasteiger charge is 2.53. The fraction of sp³-hybridized carbons (Fsp3) is 0.581. The van der Waals surface area contributed by atoms with Crippen molar-refractivity contribution in [2.24, 2.45) is 22.7 Å². The third-order valence-electron chi connectivity index (χ3n) is 10.2. The van der Waals surface area contributed by atoms with Gasteiger partial charge in [-0.3, -0.25) is 0 Å². The molecular formula is C31H43BrN6O2. The quantitative estimate of drug-likeness (QED) is 0.252. The van der Waals surface area contributed by atoms with E-state index >= 15 is 0 Å². The molecule has 8 nitrogen and oxygen atoms in total. The smallest absolute Gasteiger partial charge is 0.355 e. The van der Waals surface area contributed by atoms with Gasteiger partial charge in [-0.1, -0.05) is 38.5 Å². The summed E-state index contributed by atoms with van der Waals surface area (Å²) in [6.45, 7) is 11.6. The Morgan fingerprint density at radius 3 is 2.88 bits per heavy atom. The number of halogens is 1. The monoisotopic (exact) mass is 610 g/mol. The maximum absolute atomic E-state index is 12.7. The van der Waals surface area contributed by atoms with Crippen molar-refractivity contribution < 1.29 is 9.53 Å². The fourth-order valence-electron chi connectivity index (χ4n) is 7.48. The molecule has 2 aromatic rings. The lowest BCUT2D eigenvalue weighted by molar-refractivity contribution is -0.0516. The first-order valence-electron chi connectivity index (χ1n) is 14.5. The Morgan fingerprint density at radius 1 is 1.32 bits per heavy atom. The maximum Gasteiger partial charge on any atom is 0.355 e. The first-order valence-corrected chi connectivity index (χ1v) is 15.2.